The van der Waals surface area contributed by atoms with Crippen LogP contribution in [-0.2, 0) is 26.0 Å². The molecule has 8 nitrogen and oxygen atoms in total. The summed E-state index contributed by atoms with van der Waals surface area (Å²) in [5, 5.41) is 2.55. The molecule has 32 heavy (non-hydrogen) atoms. The fourth-order valence-electron chi connectivity index (χ4n) is 3.27. The van der Waals surface area contributed by atoms with Crippen LogP contribution in [-0.4, -0.2) is 64.2 Å². The van der Waals surface area contributed by atoms with E-state index in [0.717, 1.165) is 16.1 Å². The number of likely N-dealkylation sites (N-methyl/N-ethyl adjacent to an activating group) is 1. The van der Waals surface area contributed by atoms with Crippen LogP contribution in [0, 0.1) is 0 Å². The van der Waals surface area contributed by atoms with Crippen LogP contribution in [0.5, 0.6) is 5.75 Å². The lowest BCUT2D eigenvalue weighted by atomic mass is 10.1. The van der Waals surface area contributed by atoms with Gasteiger partial charge in [0.1, 0.15) is 18.3 Å². The minimum absolute atomic E-state index is 0.276. The predicted octanol–water partition coefficient (Wildman–Crippen LogP) is 2.06. The summed E-state index contributed by atoms with van der Waals surface area (Å²) in [7, 11) is -2.24. The van der Waals surface area contributed by atoms with Crippen LogP contribution in [0.2, 0.25) is 0 Å². The van der Waals surface area contributed by atoms with Crippen molar-refractivity contribution in [3.05, 3.63) is 60.2 Å². The van der Waals surface area contributed by atoms with Crippen molar-refractivity contribution in [2.45, 2.75) is 26.3 Å². The number of ether oxygens (including phenoxy) is 1. The lowest BCUT2D eigenvalue weighted by Gasteiger charge is -2.31. The SMILES string of the molecule is CCOc1ccc(N(CC(=O)N(CCc2ccccc2)[C@@H](C)C(=O)NC)S(C)(=O)=O)cc1. The number of hydrogen-bond donors (Lipinski definition) is 1. The molecule has 0 saturated heterocycles. The van der Waals surface area contributed by atoms with E-state index in [2.05, 4.69) is 5.32 Å². The van der Waals surface area contributed by atoms with E-state index < -0.39 is 28.5 Å². The molecule has 0 fully saturated rings. The average molecular weight is 462 g/mol. The second-order valence-corrected chi connectivity index (χ2v) is 9.22. The Hall–Kier alpha value is -3.07. The van der Waals surface area contributed by atoms with E-state index in [0.29, 0.717) is 24.5 Å². The Balaban J connectivity index is 2.27. The van der Waals surface area contributed by atoms with Crippen LogP contribution >= 0.6 is 0 Å². The summed E-state index contributed by atoms with van der Waals surface area (Å²) >= 11 is 0. The molecule has 0 bridgehead atoms. The van der Waals surface area contributed by atoms with Gasteiger partial charge in [-0.25, -0.2) is 8.42 Å². The van der Waals surface area contributed by atoms with Crippen LogP contribution in [0.15, 0.2) is 54.6 Å². The summed E-state index contributed by atoms with van der Waals surface area (Å²) in [6.45, 7) is 3.83. The highest BCUT2D eigenvalue weighted by Gasteiger charge is 2.29. The van der Waals surface area contributed by atoms with Crippen LogP contribution in [0.4, 0.5) is 5.69 Å². The van der Waals surface area contributed by atoms with Gasteiger partial charge in [-0.05, 0) is 50.1 Å². The summed E-state index contributed by atoms with van der Waals surface area (Å²) in [5.74, 6) is -0.177. The third-order valence-corrected chi connectivity index (χ3v) is 6.15. The largest absolute Gasteiger partial charge is 0.494 e. The van der Waals surface area contributed by atoms with Gasteiger partial charge >= 0.3 is 0 Å². The second kappa shape index (κ2) is 11.5. The zero-order valence-corrected chi connectivity index (χ0v) is 19.8. The maximum atomic E-state index is 13.2. The number of carbonyl (C=O) groups is 2. The van der Waals surface area contributed by atoms with Crippen molar-refractivity contribution in [2.75, 3.05) is 37.3 Å². The number of rotatable bonds is 11. The second-order valence-electron chi connectivity index (χ2n) is 7.31. The van der Waals surface area contributed by atoms with Gasteiger partial charge in [0.15, 0.2) is 0 Å². The van der Waals surface area contributed by atoms with Crippen LogP contribution < -0.4 is 14.4 Å². The van der Waals surface area contributed by atoms with Gasteiger partial charge in [0.2, 0.25) is 21.8 Å². The van der Waals surface area contributed by atoms with Crippen molar-refractivity contribution >= 4 is 27.5 Å². The summed E-state index contributed by atoms with van der Waals surface area (Å²) in [5.41, 5.74) is 1.36. The number of anilines is 1. The van der Waals surface area contributed by atoms with Gasteiger partial charge in [-0.3, -0.25) is 13.9 Å². The Morgan fingerprint density at radius 1 is 1.06 bits per heavy atom. The third-order valence-electron chi connectivity index (χ3n) is 5.01. The Morgan fingerprint density at radius 3 is 2.22 bits per heavy atom. The Labute approximate surface area is 190 Å². The van der Waals surface area contributed by atoms with Gasteiger partial charge in [-0.2, -0.15) is 0 Å². The molecule has 1 atom stereocenters. The summed E-state index contributed by atoms with van der Waals surface area (Å²) in [4.78, 5) is 26.9. The first kappa shape index (κ1) is 25.2. The van der Waals surface area contributed by atoms with E-state index in [1.54, 1.807) is 31.2 Å². The predicted molar refractivity (Wildman–Crippen MR) is 125 cm³/mol. The van der Waals surface area contributed by atoms with E-state index in [4.69, 9.17) is 4.74 Å². The van der Waals surface area contributed by atoms with E-state index in [1.807, 2.05) is 37.3 Å². The summed E-state index contributed by atoms with van der Waals surface area (Å²) < 4.78 is 31.4. The summed E-state index contributed by atoms with van der Waals surface area (Å²) in [6.07, 6.45) is 1.59. The molecule has 2 rings (SSSR count). The molecule has 0 aromatic heterocycles. The van der Waals surface area contributed by atoms with E-state index in [1.165, 1.54) is 11.9 Å². The molecular formula is C23H31N3O5S. The Kier molecular flexibility index (Phi) is 9.07. The molecule has 0 spiro atoms. The van der Waals surface area contributed by atoms with Gasteiger partial charge < -0.3 is 15.0 Å². The van der Waals surface area contributed by atoms with Gasteiger partial charge in [0, 0.05) is 13.6 Å². The number of hydrogen-bond acceptors (Lipinski definition) is 5. The number of nitrogens with one attached hydrogen (secondary N) is 1. The highest BCUT2D eigenvalue weighted by Crippen LogP contribution is 2.22. The van der Waals surface area contributed by atoms with Gasteiger partial charge in [0.05, 0.1) is 18.6 Å². The van der Waals surface area contributed by atoms with Crippen LogP contribution in [0.1, 0.15) is 19.4 Å². The van der Waals surface area contributed by atoms with Gasteiger partial charge in [-0.1, -0.05) is 30.3 Å². The number of benzene rings is 2. The minimum atomic E-state index is -3.75. The molecule has 1 N–H and O–H groups in total. The molecule has 2 amide bonds. The first-order valence-electron chi connectivity index (χ1n) is 10.4. The lowest BCUT2D eigenvalue weighted by molar-refractivity contribution is -0.138. The molecule has 0 aliphatic rings. The van der Waals surface area contributed by atoms with Crippen molar-refractivity contribution in [1.29, 1.82) is 0 Å². The van der Waals surface area contributed by atoms with Crippen molar-refractivity contribution in [3.63, 3.8) is 0 Å². The van der Waals surface area contributed by atoms with Crippen molar-refractivity contribution < 1.29 is 22.7 Å². The van der Waals surface area contributed by atoms with E-state index in [9.17, 15) is 18.0 Å². The molecular weight excluding hydrogens is 430 g/mol. The Bertz CT molecular complexity index is 994. The lowest BCUT2D eigenvalue weighted by Crippen LogP contribution is -2.51. The molecule has 0 unspecified atom stereocenters. The first-order valence-corrected chi connectivity index (χ1v) is 12.3. The van der Waals surface area contributed by atoms with Gasteiger partial charge in [0.25, 0.3) is 0 Å². The van der Waals surface area contributed by atoms with Crippen LogP contribution in [0.25, 0.3) is 0 Å². The zero-order valence-electron chi connectivity index (χ0n) is 18.9. The molecule has 9 heteroatoms. The fourth-order valence-corrected chi connectivity index (χ4v) is 4.12. The standard InChI is InChI=1S/C23H31N3O5S/c1-5-31-21-13-11-20(12-14-21)26(32(4,29)30)17-22(27)25(18(2)23(28)24-3)16-15-19-9-7-6-8-10-19/h6-14,18H,5,15-17H2,1-4H3,(H,24,28)/t18-/m0/s1. The number of nitrogens with zero attached hydrogens (tertiary/aromatic N) is 2. The maximum Gasteiger partial charge on any atom is 0.244 e. The normalized spacial score (nSPS) is 12.0. The highest BCUT2D eigenvalue weighted by molar-refractivity contribution is 7.92. The fraction of sp³-hybridized carbons (Fsp3) is 0.391. The molecule has 2 aromatic carbocycles. The maximum absolute atomic E-state index is 13.2. The topological polar surface area (TPSA) is 96.0 Å². The molecule has 0 radical (unpaired) electrons. The monoisotopic (exact) mass is 461 g/mol. The molecule has 2 aromatic rings. The summed E-state index contributed by atoms with van der Waals surface area (Å²) in [6, 6.07) is 15.3. The highest BCUT2D eigenvalue weighted by atomic mass is 32.2. The smallest absolute Gasteiger partial charge is 0.244 e. The van der Waals surface area contributed by atoms with E-state index >= 15 is 0 Å². The van der Waals surface area contributed by atoms with Crippen LogP contribution in [0.3, 0.4) is 0 Å². The molecule has 0 saturated carbocycles. The molecule has 0 heterocycles. The zero-order chi connectivity index (χ0) is 23.7. The number of carbonyl (C=O) groups excluding carboxylic acids is 2. The van der Waals surface area contributed by atoms with Crippen molar-refractivity contribution in [1.82, 2.24) is 10.2 Å². The molecule has 0 aliphatic heterocycles. The number of amides is 2. The Morgan fingerprint density at radius 2 is 1.69 bits per heavy atom. The molecule has 174 valence electrons. The minimum Gasteiger partial charge on any atom is -0.494 e. The number of sulfonamides is 1. The quantitative estimate of drug-likeness (QED) is 0.553. The average Bonchev–Trinajstić information content (AvgIpc) is 2.77. The van der Waals surface area contributed by atoms with Gasteiger partial charge in [-0.15, -0.1) is 0 Å². The van der Waals surface area contributed by atoms with E-state index in [-0.39, 0.29) is 12.5 Å². The molecule has 0 aliphatic carbocycles. The van der Waals surface area contributed by atoms with Crippen molar-refractivity contribution in [3.8, 4) is 5.75 Å². The van der Waals surface area contributed by atoms with Crippen molar-refractivity contribution in [2.24, 2.45) is 0 Å². The third kappa shape index (κ3) is 6.98. The first-order chi connectivity index (χ1) is 15.2.